The molecule has 7 heteroatoms. The van der Waals surface area contributed by atoms with Gasteiger partial charge in [-0.3, -0.25) is 0 Å². The fourth-order valence-corrected chi connectivity index (χ4v) is 2.27. The number of carboxylic acid groups (broad SMARTS) is 1. The highest BCUT2D eigenvalue weighted by molar-refractivity contribution is 9.11. The zero-order chi connectivity index (χ0) is 10.9. The Kier molecular flexibility index (Phi) is 3.23. The monoisotopic (exact) mass is 285 g/mol. The second-order valence-corrected chi connectivity index (χ2v) is 5.04. The van der Waals surface area contributed by atoms with Crippen LogP contribution in [-0.2, 0) is 4.79 Å². The molecule has 0 aliphatic rings. The van der Waals surface area contributed by atoms with Gasteiger partial charge in [-0.1, -0.05) is 0 Å². The Bertz CT molecular complexity index is 355. The van der Waals surface area contributed by atoms with Crippen LogP contribution in [0.3, 0.4) is 0 Å². The Balaban J connectivity index is 2.95. The minimum absolute atomic E-state index is 0.129. The van der Waals surface area contributed by atoms with Gasteiger partial charge in [-0.15, -0.1) is 11.3 Å². The lowest BCUT2D eigenvalue weighted by atomic mass is 10.1. The normalized spacial score (nSPS) is 14.0. The molecule has 1 rings (SSSR count). The maximum atomic E-state index is 12.9. The molecule has 3 N–H and O–H groups in total. The van der Waals surface area contributed by atoms with E-state index in [1.54, 1.807) is 0 Å². The number of nitrogens with two attached hydrogens (primary N) is 1. The number of thiophene rings is 1. The van der Waals surface area contributed by atoms with Gasteiger partial charge >= 0.3 is 11.9 Å². The highest BCUT2D eigenvalue weighted by Gasteiger charge is 2.46. The maximum Gasteiger partial charge on any atom is 0.376 e. The predicted octanol–water partition coefficient (Wildman–Crippen LogP) is 2.23. The van der Waals surface area contributed by atoms with E-state index in [0.29, 0.717) is 3.79 Å². The number of hydrogen-bond donors (Lipinski definition) is 2. The lowest BCUT2D eigenvalue weighted by molar-refractivity contribution is -0.168. The van der Waals surface area contributed by atoms with E-state index in [1.165, 1.54) is 12.1 Å². The molecule has 0 spiro atoms. The summed E-state index contributed by atoms with van der Waals surface area (Å²) in [5, 5.41) is 8.24. The van der Waals surface area contributed by atoms with Crippen LogP contribution in [0.25, 0.3) is 0 Å². The van der Waals surface area contributed by atoms with Crippen molar-refractivity contribution in [2.75, 3.05) is 0 Å². The molecule has 0 unspecified atom stereocenters. The van der Waals surface area contributed by atoms with E-state index >= 15 is 0 Å². The largest absolute Gasteiger partial charge is 0.477 e. The van der Waals surface area contributed by atoms with E-state index < -0.39 is 17.9 Å². The lowest BCUT2D eigenvalue weighted by Gasteiger charge is -2.17. The van der Waals surface area contributed by atoms with Crippen LogP contribution in [0.4, 0.5) is 8.78 Å². The van der Waals surface area contributed by atoms with Crippen molar-refractivity contribution in [2.45, 2.75) is 12.0 Å². The molecule has 1 aromatic heterocycles. The van der Waals surface area contributed by atoms with Gasteiger partial charge < -0.3 is 10.8 Å². The molecule has 0 fully saturated rings. The van der Waals surface area contributed by atoms with Crippen LogP contribution < -0.4 is 5.73 Å². The SMILES string of the molecule is N[C@H](c1ccc(Br)s1)C(F)(F)C(=O)O. The van der Waals surface area contributed by atoms with Gasteiger partial charge in [0.05, 0.1) is 3.79 Å². The van der Waals surface area contributed by atoms with Crippen molar-refractivity contribution in [3.63, 3.8) is 0 Å². The number of hydrogen-bond acceptors (Lipinski definition) is 3. The molecular weight excluding hydrogens is 280 g/mol. The summed E-state index contributed by atoms with van der Waals surface area (Å²) in [5.41, 5.74) is 5.15. The molecule has 78 valence electrons. The van der Waals surface area contributed by atoms with Gasteiger partial charge in [-0.05, 0) is 28.1 Å². The molecule has 14 heavy (non-hydrogen) atoms. The Morgan fingerprint density at radius 3 is 2.57 bits per heavy atom. The van der Waals surface area contributed by atoms with E-state index in [1.807, 2.05) is 0 Å². The van der Waals surface area contributed by atoms with Crippen molar-refractivity contribution >= 4 is 33.2 Å². The maximum absolute atomic E-state index is 12.9. The molecule has 0 radical (unpaired) electrons. The first-order chi connectivity index (χ1) is 6.35. The quantitative estimate of drug-likeness (QED) is 0.895. The number of alkyl halides is 2. The zero-order valence-electron chi connectivity index (χ0n) is 6.71. The zero-order valence-corrected chi connectivity index (χ0v) is 9.11. The van der Waals surface area contributed by atoms with Crippen molar-refractivity contribution in [3.8, 4) is 0 Å². The van der Waals surface area contributed by atoms with Crippen LogP contribution >= 0.6 is 27.3 Å². The van der Waals surface area contributed by atoms with Gasteiger partial charge in [0.15, 0.2) is 0 Å². The van der Waals surface area contributed by atoms with Gasteiger partial charge in [0, 0.05) is 4.88 Å². The third-order valence-electron chi connectivity index (χ3n) is 1.58. The molecule has 1 atom stereocenters. The summed E-state index contributed by atoms with van der Waals surface area (Å²) in [7, 11) is 0. The van der Waals surface area contributed by atoms with Crippen molar-refractivity contribution in [1.82, 2.24) is 0 Å². The van der Waals surface area contributed by atoms with Crippen molar-refractivity contribution < 1.29 is 18.7 Å². The Morgan fingerprint density at radius 1 is 1.64 bits per heavy atom. The second kappa shape index (κ2) is 3.92. The fourth-order valence-electron chi connectivity index (χ4n) is 0.807. The summed E-state index contributed by atoms with van der Waals surface area (Å²) in [4.78, 5) is 10.3. The fraction of sp³-hybridized carbons (Fsp3) is 0.286. The van der Waals surface area contributed by atoms with Gasteiger partial charge in [0.2, 0.25) is 0 Å². The number of rotatable bonds is 3. The van der Waals surface area contributed by atoms with E-state index in [2.05, 4.69) is 15.9 Å². The summed E-state index contributed by atoms with van der Waals surface area (Å²) in [6, 6.07) is 1.10. The van der Waals surface area contributed by atoms with Crippen LogP contribution in [0.1, 0.15) is 10.9 Å². The van der Waals surface area contributed by atoms with Crippen LogP contribution in [-0.4, -0.2) is 17.0 Å². The van der Waals surface area contributed by atoms with E-state index in [0.717, 1.165) is 11.3 Å². The average Bonchev–Trinajstić information content (AvgIpc) is 2.50. The topological polar surface area (TPSA) is 63.3 Å². The summed E-state index contributed by atoms with van der Waals surface area (Å²) in [6.45, 7) is 0. The molecule has 0 amide bonds. The van der Waals surface area contributed by atoms with Crippen LogP contribution in [0.15, 0.2) is 15.9 Å². The smallest absolute Gasteiger partial charge is 0.376 e. The van der Waals surface area contributed by atoms with Crippen molar-refractivity contribution in [1.29, 1.82) is 0 Å². The third-order valence-corrected chi connectivity index (χ3v) is 3.28. The Labute approximate surface area is 90.7 Å². The molecule has 1 aromatic rings. The number of carbonyl (C=O) groups is 1. The first-order valence-electron chi connectivity index (χ1n) is 3.47. The number of halogens is 3. The first kappa shape index (κ1) is 11.5. The van der Waals surface area contributed by atoms with Crippen LogP contribution in [0.2, 0.25) is 0 Å². The van der Waals surface area contributed by atoms with Crippen LogP contribution in [0.5, 0.6) is 0 Å². The van der Waals surface area contributed by atoms with Gasteiger partial charge in [0.25, 0.3) is 0 Å². The molecule has 0 saturated heterocycles. The molecular formula is C7H6BrF2NO2S. The molecule has 1 heterocycles. The highest BCUT2D eigenvalue weighted by Crippen LogP contribution is 2.35. The minimum atomic E-state index is -3.94. The average molecular weight is 286 g/mol. The Morgan fingerprint density at radius 2 is 2.21 bits per heavy atom. The molecule has 0 saturated carbocycles. The van der Waals surface area contributed by atoms with E-state index in [-0.39, 0.29) is 4.88 Å². The van der Waals surface area contributed by atoms with Crippen LogP contribution in [0, 0.1) is 0 Å². The lowest BCUT2D eigenvalue weighted by Crippen LogP contribution is -2.39. The molecule has 3 nitrogen and oxygen atoms in total. The molecule has 0 aliphatic carbocycles. The number of aliphatic carboxylic acids is 1. The highest BCUT2D eigenvalue weighted by atomic mass is 79.9. The van der Waals surface area contributed by atoms with Gasteiger partial charge in [-0.25, -0.2) is 4.79 Å². The molecule has 0 aromatic carbocycles. The number of carboxylic acids is 1. The second-order valence-electron chi connectivity index (χ2n) is 2.55. The summed E-state index contributed by atoms with van der Waals surface area (Å²) in [5.74, 6) is -6.15. The van der Waals surface area contributed by atoms with Gasteiger partial charge in [0.1, 0.15) is 6.04 Å². The predicted molar refractivity (Wildman–Crippen MR) is 51.5 cm³/mol. The Hall–Kier alpha value is -0.530. The third kappa shape index (κ3) is 2.10. The van der Waals surface area contributed by atoms with E-state index in [9.17, 15) is 13.6 Å². The van der Waals surface area contributed by atoms with E-state index in [4.69, 9.17) is 10.8 Å². The molecule has 0 aliphatic heterocycles. The summed E-state index contributed by atoms with van der Waals surface area (Å²) in [6.07, 6.45) is 0. The standard InChI is InChI=1S/C7H6BrF2NO2S/c8-4-2-1-3(14-4)5(11)7(9,10)6(12)13/h1-2,5H,11H2,(H,12,13)/t5-/m1/s1. The summed E-state index contributed by atoms with van der Waals surface area (Å²) < 4.78 is 26.4. The van der Waals surface area contributed by atoms with Gasteiger partial charge in [-0.2, -0.15) is 8.78 Å². The first-order valence-corrected chi connectivity index (χ1v) is 5.08. The van der Waals surface area contributed by atoms with Crippen molar-refractivity contribution in [3.05, 3.63) is 20.8 Å². The molecule has 0 bridgehead atoms. The minimum Gasteiger partial charge on any atom is -0.477 e. The summed E-state index contributed by atoms with van der Waals surface area (Å²) >= 11 is 4.06. The van der Waals surface area contributed by atoms with Crippen molar-refractivity contribution in [2.24, 2.45) is 5.73 Å².